The minimum atomic E-state index is -2.99. The number of hydrogen-bond acceptors (Lipinski definition) is 8. The molecule has 1 aromatic heterocycles. The van der Waals surface area contributed by atoms with Crippen molar-refractivity contribution in [1.29, 1.82) is 0 Å². The second-order valence-electron chi connectivity index (χ2n) is 6.82. The van der Waals surface area contributed by atoms with Crippen LogP contribution in [0.3, 0.4) is 0 Å². The Morgan fingerprint density at radius 3 is 2.42 bits per heavy atom. The van der Waals surface area contributed by atoms with E-state index in [1.54, 1.807) is 0 Å². The Morgan fingerprint density at radius 1 is 1.06 bits per heavy atom. The Kier molecular flexibility index (Phi) is 7.79. The predicted molar refractivity (Wildman–Crippen MR) is 109 cm³/mol. The van der Waals surface area contributed by atoms with Crippen molar-refractivity contribution in [3.63, 3.8) is 0 Å². The molecule has 3 aromatic rings. The number of ether oxygens (including phenoxy) is 2. The first-order valence-electron chi connectivity index (χ1n) is 9.74. The molecule has 0 radical (unpaired) electrons. The third kappa shape index (κ3) is 7.20. The molecule has 0 aliphatic carbocycles. The minimum Gasteiger partial charge on any atom is -0.456 e. The Hall–Kier alpha value is -4.15. The molecular formula is C22H19F2N3O6. The van der Waals surface area contributed by atoms with E-state index in [2.05, 4.69) is 14.9 Å². The van der Waals surface area contributed by atoms with Crippen molar-refractivity contribution in [1.82, 2.24) is 15.5 Å². The van der Waals surface area contributed by atoms with Gasteiger partial charge in [0.15, 0.2) is 6.61 Å². The Balaban J connectivity index is 1.40. The lowest BCUT2D eigenvalue weighted by Crippen LogP contribution is -2.34. The highest BCUT2D eigenvalue weighted by atomic mass is 19.3. The van der Waals surface area contributed by atoms with Gasteiger partial charge in [-0.3, -0.25) is 19.7 Å². The summed E-state index contributed by atoms with van der Waals surface area (Å²) >= 11 is 0. The van der Waals surface area contributed by atoms with Crippen LogP contribution in [0.4, 0.5) is 8.78 Å². The lowest BCUT2D eigenvalue weighted by atomic mass is 10.1. The Labute approximate surface area is 186 Å². The number of rotatable bonds is 9. The van der Waals surface area contributed by atoms with Crippen molar-refractivity contribution in [3.05, 3.63) is 65.5 Å². The van der Waals surface area contributed by atoms with Gasteiger partial charge in [-0.25, -0.2) is 0 Å². The van der Waals surface area contributed by atoms with Gasteiger partial charge in [-0.1, -0.05) is 35.0 Å². The Morgan fingerprint density at radius 2 is 1.76 bits per heavy atom. The average Bonchev–Trinajstić information content (AvgIpc) is 3.26. The maximum Gasteiger partial charge on any atom is 0.387 e. The maximum atomic E-state index is 12.1. The largest absolute Gasteiger partial charge is 0.456 e. The number of nitrogens with zero attached hydrogens (tertiary/aromatic N) is 2. The van der Waals surface area contributed by atoms with Crippen molar-refractivity contribution >= 4 is 17.8 Å². The summed E-state index contributed by atoms with van der Waals surface area (Å²) in [6.07, 6.45) is 0.00758. The highest BCUT2D eigenvalue weighted by molar-refractivity contribution is 6.05. The number of aromatic nitrogens is 2. The first-order chi connectivity index (χ1) is 15.8. The molecule has 1 heterocycles. The van der Waals surface area contributed by atoms with E-state index in [0.29, 0.717) is 5.82 Å². The third-order valence-corrected chi connectivity index (χ3v) is 4.28. The molecule has 0 aliphatic rings. The van der Waals surface area contributed by atoms with Gasteiger partial charge < -0.3 is 14.0 Å². The number of amides is 2. The van der Waals surface area contributed by atoms with Crippen LogP contribution in [0.25, 0.3) is 11.4 Å². The van der Waals surface area contributed by atoms with Gasteiger partial charge in [0.25, 0.3) is 11.8 Å². The van der Waals surface area contributed by atoms with Gasteiger partial charge in [-0.05, 0) is 31.2 Å². The number of imide groups is 1. The minimum absolute atomic E-state index is 0.0390. The molecule has 0 aliphatic heterocycles. The van der Waals surface area contributed by atoms with E-state index >= 15 is 0 Å². The fourth-order valence-electron chi connectivity index (χ4n) is 2.63. The van der Waals surface area contributed by atoms with Crippen molar-refractivity contribution in [3.8, 4) is 17.1 Å². The fourth-order valence-corrected chi connectivity index (χ4v) is 2.63. The normalized spacial score (nSPS) is 10.7. The van der Waals surface area contributed by atoms with Crippen LogP contribution in [0.5, 0.6) is 5.75 Å². The average molecular weight is 459 g/mol. The molecule has 0 spiro atoms. The molecule has 0 unspecified atom stereocenters. The molecule has 172 valence electrons. The van der Waals surface area contributed by atoms with Crippen LogP contribution >= 0.6 is 0 Å². The van der Waals surface area contributed by atoms with Crippen LogP contribution in [-0.4, -0.2) is 41.1 Å². The third-order valence-electron chi connectivity index (χ3n) is 4.28. The molecule has 0 atom stereocenters. The SMILES string of the molecule is Cc1ccc(-c2noc(CCC(=O)OCC(=O)NC(=O)c3ccc(OC(F)F)cc3)n2)cc1. The van der Waals surface area contributed by atoms with Gasteiger partial charge in [-0.15, -0.1) is 0 Å². The second kappa shape index (κ2) is 10.9. The number of hydrogen-bond donors (Lipinski definition) is 1. The van der Waals surface area contributed by atoms with Gasteiger partial charge in [0.05, 0.1) is 6.42 Å². The van der Waals surface area contributed by atoms with E-state index in [0.717, 1.165) is 23.3 Å². The fraction of sp³-hybridized carbons (Fsp3) is 0.227. The van der Waals surface area contributed by atoms with Crippen molar-refractivity contribution < 1.29 is 37.2 Å². The lowest BCUT2D eigenvalue weighted by molar-refractivity contribution is -0.148. The van der Waals surface area contributed by atoms with Crippen LogP contribution in [0.1, 0.15) is 28.2 Å². The van der Waals surface area contributed by atoms with E-state index in [1.807, 2.05) is 36.5 Å². The molecule has 2 aromatic carbocycles. The molecule has 0 saturated heterocycles. The number of esters is 1. The summed E-state index contributed by atoms with van der Waals surface area (Å²) < 4.78 is 38.4. The topological polar surface area (TPSA) is 121 Å². The van der Waals surface area contributed by atoms with E-state index in [9.17, 15) is 23.2 Å². The van der Waals surface area contributed by atoms with Gasteiger partial charge in [-0.2, -0.15) is 13.8 Å². The smallest absolute Gasteiger partial charge is 0.387 e. The number of nitrogens with one attached hydrogen (secondary N) is 1. The van der Waals surface area contributed by atoms with Crippen LogP contribution in [0, 0.1) is 6.92 Å². The summed E-state index contributed by atoms with van der Waals surface area (Å²) in [6, 6.07) is 12.3. The monoisotopic (exact) mass is 459 g/mol. The number of benzene rings is 2. The summed E-state index contributed by atoms with van der Waals surface area (Å²) in [5, 5.41) is 5.89. The number of carbonyl (C=O) groups excluding carboxylic acids is 3. The van der Waals surface area contributed by atoms with Crippen LogP contribution < -0.4 is 10.1 Å². The number of alkyl halides is 2. The zero-order valence-corrected chi connectivity index (χ0v) is 17.4. The van der Waals surface area contributed by atoms with Crippen molar-refractivity contribution in [2.75, 3.05) is 6.61 Å². The molecule has 0 saturated carbocycles. The standard InChI is InChI=1S/C22H19F2N3O6/c1-13-2-4-14(5-3-13)20-26-18(33-27-20)10-11-19(29)31-12-17(28)25-21(30)15-6-8-16(9-7-15)32-22(23)24/h2-9,22H,10-12H2,1H3,(H,25,28,30). The highest BCUT2D eigenvalue weighted by Gasteiger charge is 2.15. The molecule has 2 amide bonds. The van der Waals surface area contributed by atoms with Crippen LogP contribution in [0.15, 0.2) is 53.1 Å². The summed E-state index contributed by atoms with van der Waals surface area (Å²) in [4.78, 5) is 39.9. The van der Waals surface area contributed by atoms with Gasteiger partial charge in [0.2, 0.25) is 11.7 Å². The molecule has 3 rings (SSSR count). The van der Waals surface area contributed by atoms with E-state index in [-0.39, 0.29) is 30.0 Å². The number of carbonyl (C=O) groups is 3. The number of aryl methyl sites for hydroxylation is 2. The molecule has 11 heteroatoms. The second-order valence-corrected chi connectivity index (χ2v) is 6.82. The molecule has 0 bridgehead atoms. The van der Waals surface area contributed by atoms with Crippen LogP contribution in [-0.2, 0) is 20.7 Å². The molecule has 9 nitrogen and oxygen atoms in total. The quantitative estimate of drug-likeness (QED) is 0.485. The van der Waals surface area contributed by atoms with Crippen LogP contribution in [0.2, 0.25) is 0 Å². The van der Waals surface area contributed by atoms with Crippen molar-refractivity contribution in [2.24, 2.45) is 0 Å². The van der Waals surface area contributed by atoms with Gasteiger partial charge >= 0.3 is 12.6 Å². The van der Waals surface area contributed by atoms with Crippen molar-refractivity contribution in [2.45, 2.75) is 26.4 Å². The zero-order valence-electron chi connectivity index (χ0n) is 17.4. The lowest BCUT2D eigenvalue weighted by Gasteiger charge is -2.07. The summed E-state index contributed by atoms with van der Waals surface area (Å²) in [7, 11) is 0. The van der Waals surface area contributed by atoms with Gasteiger partial charge in [0, 0.05) is 17.5 Å². The van der Waals surface area contributed by atoms with E-state index in [4.69, 9.17) is 9.26 Å². The molecular weight excluding hydrogens is 440 g/mol. The molecule has 0 fully saturated rings. The van der Waals surface area contributed by atoms with Gasteiger partial charge in [0.1, 0.15) is 5.75 Å². The summed E-state index contributed by atoms with van der Waals surface area (Å²) in [5.41, 5.74) is 1.90. The summed E-state index contributed by atoms with van der Waals surface area (Å²) in [6.45, 7) is -1.70. The first-order valence-corrected chi connectivity index (χ1v) is 9.74. The van der Waals surface area contributed by atoms with E-state index < -0.39 is 31.0 Å². The Bertz CT molecular complexity index is 1110. The zero-order chi connectivity index (χ0) is 23.8. The summed E-state index contributed by atoms with van der Waals surface area (Å²) in [5.74, 6) is -1.82. The highest BCUT2D eigenvalue weighted by Crippen LogP contribution is 2.17. The maximum absolute atomic E-state index is 12.1. The molecule has 1 N–H and O–H groups in total. The van der Waals surface area contributed by atoms with E-state index in [1.165, 1.54) is 12.1 Å². The molecule has 33 heavy (non-hydrogen) atoms. The number of halogens is 2. The predicted octanol–water partition coefficient (Wildman–Crippen LogP) is 3.08. The first kappa shape index (κ1) is 23.5.